The van der Waals surface area contributed by atoms with E-state index >= 15 is 0 Å². The lowest BCUT2D eigenvalue weighted by molar-refractivity contribution is -0.137. The van der Waals surface area contributed by atoms with Crippen LogP contribution in [0.25, 0.3) is 0 Å². The highest BCUT2D eigenvalue weighted by Gasteiger charge is 2.33. The van der Waals surface area contributed by atoms with Crippen molar-refractivity contribution in [1.29, 1.82) is 0 Å². The normalized spacial score (nSPS) is 12.7. The van der Waals surface area contributed by atoms with Gasteiger partial charge < -0.3 is 5.32 Å². The topological polar surface area (TPSA) is 29.1 Å². The van der Waals surface area contributed by atoms with Crippen molar-refractivity contribution >= 4 is 23.2 Å². The van der Waals surface area contributed by atoms with Crippen LogP contribution >= 0.6 is 11.6 Å². The fourth-order valence-corrected chi connectivity index (χ4v) is 2.43. The summed E-state index contributed by atoms with van der Waals surface area (Å²) in [6.07, 6.45) is -4.39. The first kappa shape index (κ1) is 17.3. The molecule has 0 aliphatic rings. The quantitative estimate of drug-likeness (QED) is 0.782. The standard InChI is InChI=1S/C17H15ClF3NO/c1-11(12-5-3-2-4-6-12)9-16(23)22-13-7-8-15(18)14(10-13)17(19,20)21/h2-8,10-11H,9H2,1H3,(H,22,23)/t11-/m0/s1. The molecule has 122 valence electrons. The van der Waals surface area contributed by atoms with E-state index in [4.69, 9.17) is 11.6 Å². The van der Waals surface area contributed by atoms with Crippen molar-refractivity contribution in [3.63, 3.8) is 0 Å². The molecule has 2 aromatic rings. The van der Waals surface area contributed by atoms with Crippen LogP contribution in [0.4, 0.5) is 18.9 Å². The average Bonchev–Trinajstić information content (AvgIpc) is 2.49. The van der Waals surface area contributed by atoms with Crippen LogP contribution in [0.1, 0.15) is 30.4 Å². The first-order chi connectivity index (χ1) is 10.8. The van der Waals surface area contributed by atoms with Crippen molar-refractivity contribution in [1.82, 2.24) is 0 Å². The molecule has 0 saturated carbocycles. The highest BCUT2D eigenvalue weighted by atomic mass is 35.5. The Morgan fingerprint density at radius 2 is 1.83 bits per heavy atom. The maximum atomic E-state index is 12.8. The molecule has 0 fully saturated rings. The van der Waals surface area contributed by atoms with E-state index in [9.17, 15) is 18.0 Å². The van der Waals surface area contributed by atoms with Crippen molar-refractivity contribution < 1.29 is 18.0 Å². The molecule has 1 atom stereocenters. The number of alkyl halides is 3. The van der Waals surface area contributed by atoms with Gasteiger partial charge in [-0.15, -0.1) is 0 Å². The maximum Gasteiger partial charge on any atom is 0.417 e. The van der Waals surface area contributed by atoms with Gasteiger partial charge in [-0.1, -0.05) is 48.9 Å². The minimum absolute atomic E-state index is 0.0365. The summed E-state index contributed by atoms with van der Waals surface area (Å²) in [6.45, 7) is 1.89. The molecule has 6 heteroatoms. The van der Waals surface area contributed by atoms with Gasteiger partial charge >= 0.3 is 6.18 Å². The van der Waals surface area contributed by atoms with Gasteiger partial charge in [0, 0.05) is 12.1 Å². The zero-order chi connectivity index (χ0) is 17.0. The molecule has 0 bridgehead atoms. The zero-order valence-electron chi connectivity index (χ0n) is 12.3. The number of anilines is 1. The fourth-order valence-electron chi connectivity index (χ4n) is 2.21. The smallest absolute Gasteiger partial charge is 0.326 e. The molecule has 0 aliphatic heterocycles. The summed E-state index contributed by atoms with van der Waals surface area (Å²) < 4.78 is 38.4. The highest BCUT2D eigenvalue weighted by molar-refractivity contribution is 6.31. The van der Waals surface area contributed by atoms with Gasteiger partial charge in [-0.3, -0.25) is 4.79 Å². The lowest BCUT2D eigenvalue weighted by atomic mass is 9.97. The van der Waals surface area contributed by atoms with Crippen molar-refractivity contribution in [2.45, 2.75) is 25.4 Å². The number of amides is 1. The molecule has 2 nitrogen and oxygen atoms in total. The Balaban J connectivity index is 2.06. The molecule has 0 aromatic heterocycles. The summed E-state index contributed by atoms with van der Waals surface area (Å²) in [7, 11) is 0. The maximum absolute atomic E-state index is 12.8. The molecule has 0 heterocycles. The monoisotopic (exact) mass is 341 g/mol. The van der Waals surface area contributed by atoms with Crippen LogP contribution < -0.4 is 5.32 Å². The van der Waals surface area contributed by atoms with E-state index < -0.39 is 16.8 Å². The Kier molecular flexibility index (Phi) is 5.31. The Hall–Kier alpha value is -2.01. The molecule has 2 aromatic carbocycles. The highest BCUT2D eigenvalue weighted by Crippen LogP contribution is 2.36. The van der Waals surface area contributed by atoms with Crippen molar-refractivity contribution in [2.24, 2.45) is 0 Å². The molecule has 1 amide bonds. The second kappa shape index (κ2) is 7.04. The van der Waals surface area contributed by atoms with E-state index in [0.717, 1.165) is 17.7 Å². The number of rotatable bonds is 4. The third kappa shape index (κ3) is 4.73. The number of halogens is 4. The Bertz CT molecular complexity index is 686. The van der Waals surface area contributed by atoms with Crippen LogP contribution in [0, 0.1) is 0 Å². The van der Waals surface area contributed by atoms with Gasteiger partial charge in [0.05, 0.1) is 10.6 Å². The molecule has 1 N–H and O–H groups in total. The Labute approximate surface area is 137 Å². The van der Waals surface area contributed by atoms with Crippen molar-refractivity contribution in [3.8, 4) is 0 Å². The number of benzene rings is 2. The summed E-state index contributed by atoms with van der Waals surface area (Å²) in [4.78, 5) is 12.0. The first-order valence-corrected chi connectivity index (χ1v) is 7.36. The van der Waals surface area contributed by atoms with Crippen LogP contribution in [0.5, 0.6) is 0 Å². The molecule has 23 heavy (non-hydrogen) atoms. The minimum atomic E-state index is -4.56. The largest absolute Gasteiger partial charge is 0.417 e. The summed E-state index contributed by atoms with van der Waals surface area (Å²) >= 11 is 5.55. The zero-order valence-corrected chi connectivity index (χ0v) is 13.1. The third-order valence-corrected chi connectivity index (χ3v) is 3.75. The number of carbonyl (C=O) groups is 1. The molecular formula is C17H15ClF3NO. The summed E-state index contributed by atoms with van der Waals surface area (Å²) in [5.74, 6) is -0.387. The number of hydrogen-bond donors (Lipinski definition) is 1. The summed E-state index contributed by atoms with van der Waals surface area (Å²) in [5.41, 5.74) is 0.106. The molecule has 0 spiro atoms. The van der Waals surface area contributed by atoms with E-state index in [1.807, 2.05) is 37.3 Å². The number of hydrogen-bond acceptors (Lipinski definition) is 1. The van der Waals surface area contributed by atoms with E-state index in [2.05, 4.69) is 5.32 Å². The van der Waals surface area contributed by atoms with Gasteiger partial charge in [0.1, 0.15) is 0 Å². The van der Waals surface area contributed by atoms with Gasteiger partial charge in [0.25, 0.3) is 0 Å². The summed E-state index contributed by atoms with van der Waals surface area (Å²) in [6, 6.07) is 12.8. The molecule has 0 saturated heterocycles. The average molecular weight is 342 g/mol. The van der Waals surface area contributed by atoms with Gasteiger partial charge in [-0.25, -0.2) is 0 Å². The number of nitrogens with one attached hydrogen (secondary N) is 1. The second-order valence-corrected chi connectivity index (χ2v) is 5.66. The van der Waals surface area contributed by atoms with Gasteiger partial charge in [0.15, 0.2) is 0 Å². The van der Waals surface area contributed by atoms with Crippen LogP contribution in [0.15, 0.2) is 48.5 Å². The predicted octanol–water partition coefficient (Wildman–Crippen LogP) is 5.49. The van der Waals surface area contributed by atoms with Gasteiger partial charge in [-0.2, -0.15) is 13.2 Å². The third-order valence-electron chi connectivity index (χ3n) is 3.42. The molecule has 0 unspecified atom stereocenters. The SMILES string of the molecule is C[C@@H](CC(=O)Nc1ccc(Cl)c(C(F)(F)F)c1)c1ccccc1. The van der Waals surface area contributed by atoms with Crippen molar-refractivity contribution in [2.75, 3.05) is 5.32 Å². The lowest BCUT2D eigenvalue weighted by Crippen LogP contribution is -2.15. The van der Waals surface area contributed by atoms with Crippen LogP contribution in [0.2, 0.25) is 5.02 Å². The van der Waals surface area contributed by atoms with Crippen LogP contribution in [-0.2, 0) is 11.0 Å². The predicted molar refractivity (Wildman–Crippen MR) is 84.6 cm³/mol. The summed E-state index contributed by atoms with van der Waals surface area (Å²) in [5, 5.41) is 2.09. The van der Waals surface area contributed by atoms with E-state index in [0.29, 0.717) is 0 Å². The first-order valence-electron chi connectivity index (χ1n) is 6.99. The van der Waals surface area contributed by atoms with Gasteiger partial charge in [0.2, 0.25) is 5.91 Å². The Morgan fingerprint density at radius 1 is 1.17 bits per heavy atom. The van der Waals surface area contributed by atoms with E-state index in [1.54, 1.807) is 0 Å². The minimum Gasteiger partial charge on any atom is -0.326 e. The lowest BCUT2D eigenvalue weighted by Gasteiger charge is -2.14. The molecule has 2 rings (SSSR count). The molecule has 0 aliphatic carbocycles. The molecule has 0 radical (unpaired) electrons. The second-order valence-electron chi connectivity index (χ2n) is 5.26. The number of carbonyl (C=O) groups excluding carboxylic acids is 1. The van der Waals surface area contributed by atoms with E-state index in [1.165, 1.54) is 6.07 Å². The van der Waals surface area contributed by atoms with Crippen LogP contribution in [-0.4, -0.2) is 5.91 Å². The molecular weight excluding hydrogens is 327 g/mol. The fraction of sp³-hybridized carbons (Fsp3) is 0.235. The van der Waals surface area contributed by atoms with Crippen molar-refractivity contribution in [3.05, 3.63) is 64.7 Å². The Morgan fingerprint density at radius 3 is 2.43 bits per heavy atom. The van der Waals surface area contributed by atoms with Crippen LogP contribution in [0.3, 0.4) is 0 Å². The van der Waals surface area contributed by atoms with E-state index in [-0.39, 0.29) is 23.9 Å². The van der Waals surface area contributed by atoms with Gasteiger partial charge in [-0.05, 0) is 29.7 Å².